The van der Waals surface area contributed by atoms with Crippen molar-refractivity contribution in [1.29, 1.82) is 0 Å². The second-order valence-corrected chi connectivity index (χ2v) is 4.96. The topological polar surface area (TPSA) is 55.8 Å². The zero-order valence-electron chi connectivity index (χ0n) is 11.2. The molecule has 1 heterocycles. The van der Waals surface area contributed by atoms with Crippen LogP contribution in [0.1, 0.15) is 30.7 Å². The average Bonchev–Trinajstić information content (AvgIpc) is 2.46. The predicted octanol–water partition coefficient (Wildman–Crippen LogP) is 2.68. The van der Waals surface area contributed by atoms with Gasteiger partial charge in [0, 0.05) is 13.2 Å². The van der Waals surface area contributed by atoms with Crippen LogP contribution in [-0.4, -0.2) is 31.4 Å². The van der Waals surface area contributed by atoms with E-state index in [1.807, 2.05) is 24.3 Å². The highest BCUT2D eigenvalue weighted by atomic mass is 16.5. The van der Waals surface area contributed by atoms with E-state index in [1.165, 1.54) is 0 Å². The van der Waals surface area contributed by atoms with E-state index in [0.717, 1.165) is 37.4 Å². The molecule has 2 rings (SSSR count). The molecule has 1 N–H and O–H groups in total. The fourth-order valence-corrected chi connectivity index (χ4v) is 2.53. The lowest BCUT2D eigenvalue weighted by atomic mass is 9.85. The summed E-state index contributed by atoms with van der Waals surface area (Å²) in [6.45, 7) is 1.50. The van der Waals surface area contributed by atoms with E-state index in [2.05, 4.69) is 0 Å². The van der Waals surface area contributed by atoms with Crippen LogP contribution >= 0.6 is 0 Å². The van der Waals surface area contributed by atoms with E-state index in [4.69, 9.17) is 9.47 Å². The molecule has 1 aromatic carbocycles. The van der Waals surface area contributed by atoms with Crippen LogP contribution in [0.15, 0.2) is 24.3 Å². The second-order valence-electron chi connectivity index (χ2n) is 4.96. The highest BCUT2D eigenvalue weighted by Crippen LogP contribution is 2.30. The Bertz CT molecular complexity index is 407. The highest BCUT2D eigenvalue weighted by molar-refractivity contribution is 5.76. The van der Waals surface area contributed by atoms with Gasteiger partial charge in [-0.25, -0.2) is 0 Å². The van der Waals surface area contributed by atoms with Gasteiger partial charge in [0.05, 0.1) is 13.0 Å². The summed E-state index contributed by atoms with van der Waals surface area (Å²) in [5.74, 6) is 0.00146. The Morgan fingerprint density at radius 1 is 1.37 bits per heavy atom. The minimum Gasteiger partial charge on any atom is -0.497 e. The van der Waals surface area contributed by atoms with Crippen LogP contribution in [0.3, 0.4) is 0 Å². The molecular weight excluding hydrogens is 244 g/mol. The van der Waals surface area contributed by atoms with E-state index in [0.29, 0.717) is 12.3 Å². The first kappa shape index (κ1) is 13.9. The van der Waals surface area contributed by atoms with Gasteiger partial charge in [-0.1, -0.05) is 12.1 Å². The van der Waals surface area contributed by atoms with E-state index in [1.54, 1.807) is 7.11 Å². The summed E-state index contributed by atoms with van der Waals surface area (Å²) in [5.41, 5.74) is 0.847. The summed E-state index contributed by atoms with van der Waals surface area (Å²) >= 11 is 0. The minimum absolute atomic E-state index is 0.436. The Hall–Kier alpha value is -1.55. The van der Waals surface area contributed by atoms with Crippen molar-refractivity contribution < 1.29 is 19.4 Å². The largest absolute Gasteiger partial charge is 0.497 e. The molecule has 1 fully saturated rings. The number of benzene rings is 1. The number of hydrogen-bond acceptors (Lipinski definition) is 3. The van der Waals surface area contributed by atoms with Crippen molar-refractivity contribution in [3.63, 3.8) is 0 Å². The maximum absolute atomic E-state index is 11.5. The molecule has 104 valence electrons. The maximum Gasteiger partial charge on any atom is 0.310 e. The minimum atomic E-state index is -0.753. The van der Waals surface area contributed by atoms with Gasteiger partial charge in [0.2, 0.25) is 0 Å². The predicted molar refractivity (Wildman–Crippen MR) is 71.5 cm³/mol. The Kier molecular flexibility index (Phi) is 4.80. The van der Waals surface area contributed by atoms with Crippen LogP contribution in [0.2, 0.25) is 0 Å². The molecule has 0 radical (unpaired) electrons. The molecule has 0 aliphatic carbocycles. The zero-order chi connectivity index (χ0) is 13.7. The van der Waals surface area contributed by atoms with Crippen molar-refractivity contribution >= 4 is 5.97 Å². The average molecular weight is 264 g/mol. The molecule has 4 nitrogen and oxygen atoms in total. The molecule has 1 aromatic rings. The normalized spacial score (nSPS) is 17.9. The zero-order valence-corrected chi connectivity index (χ0v) is 11.2. The molecule has 0 saturated carbocycles. The Morgan fingerprint density at radius 3 is 2.53 bits per heavy atom. The molecule has 0 amide bonds. The summed E-state index contributed by atoms with van der Waals surface area (Å²) in [6.07, 6.45) is 2.60. The number of carbonyl (C=O) groups is 1. The fraction of sp³-hybridized carbons (Fsp3) is 0.533. The number of rotatable bonds is 5. The Morgan fingerprint density at radius 2 is 2.00 bits per heavy atom. The third-order valence-corrected chi connectivity index (χ3v) is 3.73. The monoisotopic (exact) mass is 264 g/mol. The first-order valence-corrected chi connectivity index (χ1v) is 6.65. The molecule has 4 heteroatoms. The number of hydrogen-bond donors (Lipinski definition) is 1. The molecular formula is C15H20O4. The fourth-order valence-electron chi connectivity index (χ4n) is 2.53. The van der Waals surface area contributed by atoms with Gasteiger partial charge in [0.15, 0.2) is 0 Å². The van der Waals surface area contributed by atoms with Crippen molar-refractivity contribution in [2.75, 3.05) is 20.3 Å². The molecule has 1 aliphatic rings. The van der Waals surface area contributed by atoms with Gasteiger partial charge >= 0.3 is 5.97 Å². The lowest BCUT2D eigenvalue weighted by Crippen LogP contribution is -2.21. The Labute approximate surface area is 113 Å². The maximum atomic E-state index is 11.5. The van der Waals surface area contributed by atoms with Crippen LogP contribution in [0.25, 0.3) is 0 Å². The summed E-state index contributed by atoms with van der Waals surface area (Å²) in [4.78, 5) is 11.5. The number of aliphatic carboxylic acids is 1. The van der Waals surface area contributed by atoms with Gasteiger partial charge in [-0.2, -0.15) is 0 Å². The molecule has 0 bridgehead atoms. The molecule has 0 spiro atoms. The summed E-state index contributed by atoms with van der Waals surface area (Å²) in [6, 6.07) is 7.32. The van der Waals surface area contributed by atoms with Gasteiger partial charge in [-0.15, -0.1) is 0 Å². The second kappa shape index (κ2) is 6.57. The first-order chi connectivity index (χ1) is 9.20. The van der Waals surface area contributed by atoms with Crippen LogP contribution in [0.4, 0.5) is 0 Å². The number of methoxy groups -OCH3 is 1. The number of carboxylic acid groups (broad SMARTS) is 1. The summed E-state index contributed by atoms with van der Waals surface area (Å²) < 4.78 is 10.4. The van der Waals surface area contributed by atoms with Crippen molar-refractivity contribution in [3.8, 4) is 5.75 Å². The van der Waals surface area contributed by atoms with Crippen LogP contribution < -0.4 is 4.74 Å². The third-order valence-electron chi connectivity index (χ3n) is 3.73. The lowest BCUT2D eigenvalue weighted by molar-refractivity contribution is -0.139. The molecule has 1 saturated heterocycles. The van der Waals surface area contributed by atoms with Crippen molar-refractivity contribution in [3.05, 3.63) is 29.8 Å². The SMILES string of the molecule is COc1ccc(C(CC2CCOCC2)C(=O)O)cc1. The molecule has 1 aliphatic heterocycles. The van der Waals surface area contributed by atoms with Crippen molar-refractivity contribution in [2.24, 2.45) is 5.92 Å². The van der Waals surface area contributed by atoms with Gasteiger partial charge in [-0.05, 0) is 42.9 Å². The van der Waals surface area contributed by atoms with Crippen LogP contribution in [0, 0.1) is 5.92 Å². The van der Waals surface area contributed by atoms with Crippen LogP contribution in [-0.2, 0) is 9.53 Å². The van der Waals surface area contributed by atoms with Gasteiger partial charge in [0.1, 0.15) is 5.75 Å². The lowest BCUT2D eigenvalue weighted by Gasteiger charge is -2.25. The molecule has 19 heavy (non-hydrogen) atoms. The highest BCUT2D eigenvalue weighted by Gasteiger charge is 2.25. The third kappa shape index (κ3) is 3.70. The standard InChI is InChI=1S/C15H20O4/c1-18-13-4-2-12(3-5-13)14(15(16)17)10-11-6-8-19-9-7-11/h2-5,11,14H,6-10H2,1H3,(H,16,17). The smallest absolute Gasteiger partial charge is 0.310 e. The van der Waals surface area contributed by atoms with E-state index < -0.39 is 11.9 Å². The van der Waals surface area contributed by atoms with Crippen molar-refractivity contribution in [2.45, 2.75) is 25.2 Å². The van der Waals surface area contributed by atoms with E-state index in [-0.39, 0.29) is 0 Å². The molecule has 1 atom stereocenters. The van der Waals surface area contributed by atoms with Gasteiger partial charge < -0.3 is 14.6 Å². The van der Waals surface area contributed by atoms with E-state index >= 15 is 0 Å². The number of carboxylic acids is 1. The van der Waals surface area contributed by atoms with E-state index in [9.17, 15) is 9.90 Å². The Balaban J connectivity index is 2.07. The number of ether oxygens (including phenoxy) is 2. The first-order valence-electron chi connectivity index (χ1n) is 6.65. The molecule has 0 aromatic heterocycles. The molecule has 1 unspecified atom stereocenters. The van der Waals surface area contributed by atoms with Crippen molar-refractivity contribution in [1.82, 2.24) is 0 Å². The van der Waals surface area contributed by atoms with Gasteiger partial charge in [-0.3, -0.25) is 4.79 Å². The summed E-state index contributed by atoms with van der Waals surface area (Å²) in [7, 11) is 1.60. The quantitative estimate of drug-likeness (QED) is 0.888. The van der Waals surface area contributed by atoms with Gasteiger partial charge in [0.25, 0.3) is 0 Å². The summed E-state index contributed by atoms with van der Waals surface area (Å²) in [5, 5.41) is 9.42. The van der Waals surface area contributed by atoms with Crippen LogP contribution in [0.5, 0.6) is 5.75 Å².